The van der Waals surface area contributed by atoms with Crippen molar-refractivity contribution in [2.24, 2.45) is 5.92 Å². The van der Waals surface area contributed by atoms with Gasteiger partial charge in [-0.3, -0.25) is 4.79 Å². The lowest BCUT2D eigenvalue weighted by atomic mass is 9.98. The van der Waals surface area contributed by atoms with E-state index in [2.05, 4.69) is 5.32 Å². The molecular formula is C19H21FN2O3S. The van der Waals surface area contributed by atoms with Crippen LogP contribution in [0.2, 0.25) is 0 Å². The average molecular weight is 376 g/mol. The number of hydrogen-bond acceptors (Lipinski definition) is 3. The van der Waals surface area contributed by atoms with E-state index < -0.39 is 21.8 Å². The van der Waals surface area contributed by atoms with Gasteiger partial charge in [-0.05, 0) is 61.7 Å². The lowest BCUT2D eigenvalue weighted by Crippen LogP contribution is -2.43. The number of amides is 1. The number of sulfonamides is 1. The number of anilines is 1. The number of aryl methyl sites for hydroxylation is 1. The van der Waals surface area contributed by atoms with Gasteiger partial charge in [-0.25, -0.2) is 12.8 Å². The number of nitrogens with one attached hydrogen (secondary N) is 1. The molecule has 0 aliphatic carbocycles. The SMILES string of the molecule is Cc1cccc(NC(=O)[C@@H]2CCCN(S(=O)(=O)c3ccc(F)cc3)C2)c1. The Morgan fingerprint density at radius 3 is 2.62 bits per heavy atom. The predicted molar refractivity (Wildman–Crippen MR) is 97.7 cm³/mol. The summed E-state index contributed by atoms with van der Waals surface area (Å²) in [5, 5.41) is 2.86. The minimum Gasteiger partial charge on any atom is -0.326 e. The van der Waals surface area contributed by atoms with E-state index >= 15 is 0 Å². The smallest absolute Gasteiger partial charge is 0.243 e. The number of carbonyl (C=O) groups excluding carboxylic acids is 1. The highest BCUT2D eigenvalue weighted by molar-refractivity contribution is 7.89. The molecule has 3 rings (SSSR count). The van der Waals surface area contributed by atoms with E-state index in [9.17, 15) is 17.6 Å². The van der Waals surface area contributed by atoms with Crippen LogP contribution in [-0.4, -0.2) is 31.7 Å². The molecule has 1 fully saturated rings. The van der Waals surface area contributed by atoms with Crippen LogP contribution in [-0.2, 0) is 14.8 Å². The number of benzene rings is 2. The number of hydrogen-bond donors (Lipinski definition) is 1. The largest absolute Gasteiger partial charge is 0.326 e. The first kappa shape index (κ1) is 18.5. The van der Waals surface area contributed by atoms with E-state index in [0.29, 0.717) is 25.1 Å². The third-order valence-electron chi connectivity index (χ3n) is 4.49. The first-order valence-corrected chi connectivity index (χ1v) is 9.93. The van der Waals surface area contributed by atoms with E-state index in [1.54, 1.807) is 6.07 Å². The van der Waals surface area contributed by atoms with Crippen LogP contribution in [0, 0.1) is 18.7 Å². The van der Waals surface area contributed by atoms with Crippen LogP contribution in [0.25, 0.3) is 0 Å². The van der Waals surface area contributed by atoms with E-state index in [1.165, 1.54) is 16.4 Å². The fourth-order valence-corrected chi connectivity index (χ4v) is 4.62. The molecule has 0 unspecified atom stereocenters. The van der Waals surface area contributed by atoms with Gasteiger partial charge in [0.25, 0.3) is 0 Å². The van der Waals surface area contributed by atoms with Crippen LogP contribution in [0.1, 0.15) is 18.4 Å². The number of carbonyl (C=O) groups is 1. The van der Waals surface area contributed by atoms with Crippen molar-refractivity contribution in [1.82, 2.24) is 4.31 Å². The highest BCUT2D eigenvalue weighted by atomic mass is 32.2. The molecule has 1 aliphatic rings. The van der Waals surface area contributed by atoms with Gasteiger partial charge in [-0.1, -0.05) is 12.1 Å². The van der Waals surface area contributed by atoms with E-state index in [1.807, 2.05) is 25.1 Å². The number of nitrogens with zero attached hydrogens (tertiary/aromatic N) is 1. The molecule has 5 nitrogen and oxygen atoms in total. The van der Waals surface area contributed by atoms with Gasteiger partial charge in [0, 0.05) is 18.8 Å². The van der Waals surface area contributed by atoms with Gasteiger partial charge in [0.05, 0.1) is 10.8 Å². The maximum absolute atomic E-state index is 13.1. The topological polar surface area (TPSA) is 66.5 Å². The zero-order valence-corrected chi connectivity index (χ0v) is 15.3. The lowest BCUT2D eigenvalue weighted by Gasteiger charge is -2.31. The first-order valence-electron chi connectivity index (χ1n) is 8.49. The Balaban J connectivity index is 1.72. The van der Waals surface area contributed by atoms with E-state index in [0.717, 1.165) is 17.7 Å². The minimum absolute atomic E-state index is 0.0404. The molecule has 0 radical (unpaired) electrons. The monoisotopic (exact) mass is 376 g/mol. The Morgan fingerprint density at radius 1 is 1.19 bits per heavy atom. The van der Waals surface area contributed by atoms with Crippen LogP contribution in [0.3, 0.4) is 0 Å². The molecule has 0 bridgehead atoms. The van der Waals surface area contributed by atoms with Gasteiger partial charge in [0.2, 0.25) is 15.9 Å². The van der Waals surface area contributed by atoms with Gasteiger partial charge in [0.15, 0.2) is 0 Å². The summed E-state index contributed by atoms with van der Waals surface area (Å²) >= 11 is 0. The summed E-state index contributed by atoms with van der Waals surface area (Å²) in [6.45, 7) is 2.42. The van der Waals surface area contributed by atoms with Crippen molar-refractivity contribution in [1.29, 1.82) is 0 Å². The summed E-state index contributed by atoms with van der Waals surface area (Å²) < 4.78 is 39.9. The molecule has 1 N–H and O–H groups in total. The van der Waals surface area contributed by atoms with Crippen molar-refractivity contribution in [3.63, 3.8) is 0 Å². The predicted octanol–water partition coefficient (Wildman–Crippen LogP) is 3.17. The molecule has 0 aromatic heterocycles. The maximum atomic E-state index is 13.1. The third-order valence-corrected chi connectivity index (χ3v) is 6.37. The summed E-state index contributed by atoms with van der Waals surface area (Å²) in [4.78, 5) is 12.6. The second-order valence-corrected chi connectivity index (χ2v) is 8.45. The fourth-order valence-electron chi connectivity index (χ4n) is 3.10. The van der Waals surface area contributed by atoms with Crippen LogP contribution >= 0.6 is 0 Å². The Labute approximate surface area is 152 Å². The molecule has 1 heterocycles. The molecule has 1 amide bonds. The van der Waals surface area contributed by atoms with Gasteiger partial charge in [0.1, 0.15) is 5.82 Å². The Kier molecular flexibility index (Phi) is 5.38. The molecule has 0 spiro atoms. The second-order valence-electron chi connectivity index (χ2n) is 6.51. The summed E-state index contributed by atoms with van der Waals surface area (Å²) in [5.74, 6) is -1.09. The molecule has 7 heteroatoms. The van der Waals surface area contributed by atoms with Gasteiger partial charge < -0.3 is 5.32 Å². The van der Waals surface area contributed by atoms with Gasteiger partial charge >= 0.3 is 0 Å². The molecule has 2 aromatic rings. The summed E-state index contributed by atoms with van der Waals surface area (Å²) in [7, 11) is -3.74. The number of halogens is 1. The molecule has 26 heavy (non-hydrogen) atoms. The highest BCUT2D eigenvalue weighted by Gasteiger charge is 2.33. The quantitative estimate of drug-likeness (QED) is 0.891. The lowest BCUT2D eigenvalue weighted by molar-refractivity contribution is -0.120. The van der Waals surface area contributed by atoms with Crippen molar-refractivity contribution in [3.8, 4) is 0 Å². The summed E-state index contributed by atoms with van der Waals surface area (Å²) in [6, 6.07) is 12.2. The molecule has 1 atom stereocenters. The molecule has 1 saturated heterocycles. The number of rotatable bonds is 4. The minimum atomic E-state index is -3.74. The van der Waals surface area contributed by atoms with E-state index in [4.69, 9.17) is 0 Å². The average Bonchev–Trinajstić information content (AvgIpc) is 2.62. The Morgan fingerprint density at radius 2 is 1.92 bits per heavy atom. The highest BCUT2D eigenvalue weighted by Crippen LogP contribution is 2.25. The van der Waals surface area contributed by atoms with Crippen molar-refractivity contribution < 1.29 is 17.6 Å². The van der Waals surface area contributed by atoms with Gasteiger partial charge in [-0.15, -0.1) is 0 Å². The Bertz CT molecular complexity index is 897. The number of piperidine rings is 1. The van der Waals surface area contributed by atoms with Crippen LogP contribution in [0.15, 0.2) is 53.4 Å². The fraction of sp³-hybridized carbons (Fsp3) is 0.316. The second kappa shape index (κ2) is 7.55. The van der Waals surface area contributed by atoms with E-state index in [-0.39, 0.29) is 17.3 Å². The zero-order valence-electron chi connectivity index (χ0n) is 14.5. The van der Waals surface area contributed by atoms with Crippen molar-refractivity contribution >= 4 is 21.6 Å². The molecule has 1 aliphatic heterocycles. The molecule has 138 valence electrons. The van der Waals surface area contributed by atoms with Crippen molar-refractivity contribution in [3.05, 3.63) is 59.9 Å². The van der Waals surface area contributed by atoms with Crippen LogP contribution in [0.4, 0.5) is 10.1 Å². The summed E-state index contributed by atoms with van der Waals surface area (Å²) in [6.07, 6.45) is 1.24. The maximum Gasteiger partial charge on any atom is 0.243 e. The first-order chi connectivity index (χ1) is 12.4. The molecule has 0 saturated carbocycles. The third kappa shape index (κ3) is 4.11. The van der Waals surface area contributed by atoms with Gasteiger partial charge in [-0.2, -0.15) is 4.31 Å². The van der Waals surface area contributed by atoms with Crippen LogP contribution < -0.4 is 5.32 Å². The van der Waals surface area contributed by atoms with Crippen molar-refractivity contribution in [2.45, 2.75) is 24.7 Å². The molecular weight excluding hydrogens is 355 g/mol. The van der Waals surface area contributed by atoms with Crippen molar-refractivity contribution in [2.75, 3.05) is 18.4 Å². The molecule has 2 aromatic carbocycles. The summed E-state index contributed by atoms with van der Waals surface area (Å²) in [5.41, 5.74) is 1.74. The Hall–Kier alpha value is -2.25. The zero-order chi connectivity index (χ0) is 18.7. The normalized spacial score (nSPS) is 18.5. The van der Waals surface area contributed by atoms with Crippen LogP contribution in [0.5, 0.6) is 0 Å². The standard InChI is InChI=1S/C19H21FN2O3S/c1-14-4-2-6-17(12-14)21-19(23)15-5-3-11-22(13-15)26(24,25)18-9-7-16(20)8-10-18/h2,4,6-10,12,15H,3,5,11,13H2,1H3,(H,21,23)/t15-/m1/s1.